The van der Waals surface area contributed by atoms with Gasteiger partial charge in [-0.25, -0.2) is 4.98 Å². The number of hydrogen-bond acceptors (Lipinski definition) is 6. The third kappa shape index (κ3) is 3.10. The smallest absolute Gasteiger partial charge is 0.233 e. The van der Waals surface area contributed by atoms with Crippen LogP contribution in [0.5, 0.6) is 0 Å². The van der Waals surface area contributed by atoms with Crippen molar-refractivity contribution in [1.82, 2.24) is 14.9 Å². The van der Waals surface area contributed by atoms with Crippen molar-refractivity contribution >= 4 is 39.4 Å². The van der Waals surface area contributed by atoms with Gasteiger partial charge in [-0.3, -0.25) is 9.59 Å². The third-order valence-electron chi connectivity index (χ3n) is 4.48. The largest absolute Gasteiger partial charge is 0.378 e. The molecule has 0 bridgehead atoms. The first-order valence-corrected chi connectivity index (χ1v) is 10.1. The maximum atomic E-state index is 12.6. The molecule has 0 radical (unpaired) electrons. The van der Waals surface area contributed by atoms with Crippen molar-refractivity contribution in [2.45, 2.75) is 30.8 Å². The van der Waals surface area contributed by atoms with E-state index in [1.807, 2.05) is 4.90 Å². The van der Waals surface area contributed by atoms with Crippen LogP contribution in [0.3, 0.4) is 0 Å². The number of imidazole rings is 1. The highest BCUT2D eigenvalue weighted by molar-refractivity contribution is 7.99. The minimum absolute atomic E-state index is 0.0917. The number of amides is 1. The molecule has 4 rings (SSSR count). The molecule has 2 aromatic rings. The second kappa shape index (κ2) is 6.85. The van der Waals surface area contributed by atoms with Crippen LogP contribution in [-0.4, -0.2) is 52.8 Å². The summed E-state index contributed by atoms with van der Waals surface area (Å²) in [6.45, 7) is 2.51. The summed E-state index contributed by atoms with van der Waals surface area (Å²) >= 11 is 2.99. The first kappa shape index (κ1) is 16.1. The number of carbonyl (C=O) groups is 1. The number of fused-ring (bicyclic) bond motifs is 2. The average Bonchev–Trinajstić information content (AvgIpc) is 3.04. The van der Waals surface area contributed by atoms with E-state index >= 15 is 0 Å². The maximum Gasteiger partial charge on any atom is 0.233 e. The minimum atomic E-state index is 0.0917. The quantitative estimate of drug-likeness (QED) is 0.840. The molecule has 128 valence electrons. The van der Waals surface area contributed by atoms with Crippen LogP contribution < -0.4 is 5.43 Å². The molecule has 1 aliphatic heterocycles. The van der Waals surface area contributed by atoms with Gasteiger partial charge in [-0.15, -0.1) is 11.3 Å². The van der Waals surface area contributed by atoms with E-state index in [0.29, 0.717) is 42.7 Å². The van der Waals surface area contributed by atoms with Gasteiger partial charge in [-0.05, 0) is 25.7 Å². The summed E-state index contributed by atoms with van der Waals surface area (Å²) < 4.78 is 5.26. The highest BCUT2D eigenvalue weighted by atomic mass is 32.2. The normalized spacial score (nSPS) is 17.9. The number of aromatic nitrogens is 2. The van der Waals surface area contributed by atoms with Gasteiger partial charge in [0.25, 0.3) is 0 Å². The number of aromatic amines is 1. The SMILES string of the molecule is O=C(CSc1nc2sc3c(c(=O)c2[nH]1)CCCC3)N1CCOCC1. The Morgan fingerprint density at radius 2 is 2.08 bits per heavy atom. The Hall–Kier alpha value is -1.38. The van der Waals surface area contributed by atoms with Crippen molar-refractivity contribution in [2.24, 2.45) is 0 Å². The molecule has 8 heteroatoms. The number of aryl methyl sites for hydroxylation is 1. The zero-order chi connectivity index (χ0) is 16.5. The average molecular weight is 365 g/mol. The van der Waals surface area contributed by atoms with E-state index in [2.05, 4.69) is 9.97 Å². The molecule has 0 aromatic carbocycles. The third-order valence-corrected chi connectivity index (χ3v) is 6.53. The van der Waals surface area contributed by atoms with Crippen molar-refractivity contribution in [3.8, 4) is 0 Å². The van der Waals surface area contributed by atoms with Gasteiger partial charge in [0.2, 0.25) is 11.3 Å². The Bertz CT molecular complexity index is 824. The first-order chi connectivity index (χ1) is 11.7. The second-order valence-corrected chi connectivity index (χ2v) is 8.09. The first-order valence-electron chi connectivity index (χ1n) is 8.25. The van der Waals surface area contributed by atoms with Crippen LogP contribution in [0.1, 0.15) is 23.3 Å². The molecule has 0 atom stereocenters. The molecule has 1 aliphatic carbocycles. The van der Waals surface area contributed by atoms with E-state index in [1.165, 1.54) is 16.6 Å². The summed E-state index contributed by atoms with van der Waals surface area (Å²) in [4.78, 5) is 36.2. The second-order valence-electron chi connectivity index (χ2n) is 6.04. The van der Waals surface area contributed by atoms with E-state index in [4.69, 9.17) is 4.74 Å². The van der Waals surface area contributed by atoms with Gasteiger partial charge in [0, 0.05) is 23.5 Å². The van der Waals surface area contributed by atoms with Gasteiger partial charge < -0.3 is 14.6 Å². The van der Waals surface area contributed by atoms with Gasteiger partial charge in [0.05, 0.1) is 19.0 Å². The minimum Gasteiger partial charge on any atom is -0.378 e. The molecule has 1 amide bonds. The number of nitrogens with one attached hydrogen (secondary N) is 1. The summed E-state index contributed by atoms with van der Waals surface area (Å²) in [5, 5.41) is 0.655. The van der Waals surface area contributed by atoms with Crippen LogP contribution in [-0.2, 0) is 22.4 Å². The Labute approximate surface area is 147 Å². The Kier molecular flexibility index (Phi) is 4.60. The highest BCUT2D eigenvalue weighted by Crippen LogP contribution is 2.28. The Balaban J connectivity index is 1.52. The summed E-state index contributed by atoms with van der Waals surface area (Å²) in [6.07, 6.45) is 4.09. The van der Waals surface area contributed by atoms with E-state index < -0.39 is 0 Å². The predicted molar refractivity (Wildman–Crippen MR) is 95.0 cm³/mol. The van der Waals surface area contributed by atoms with Crippen molar-refractivity contribution in [3.05, 3.63) is 20.7 Å². The summed E-state index contributed by atoms with van der Waals surface area (Å²) in [7, 11) is 0. The van der Waals surface area contributed by atoms with Gasteiger partial charge in [0.1, 0.15) is 10.3 Å². The number of H-pyrrole nitrogens is 1. The summed E-state index contributed by atoms with van der Waals surface area (Å²) in [6, 6.07) is 0. The molecule has 0 saturated carbocycles. The van der Waals surface area contributed by atoms with E-state index in [0.717, 1.165) is 36.1 Å². The fraction of sp³-hybridized carbons (Fsp3) is 0.562. The lowest BCUT2D eigenvalue weighted by molar-refractivity contribution is -0.132. The molecule has 0 spiro atoms. The number of hydrogen-bond donors (Lipinski definition) is 1. The number of nitrogens with zero attached hydrogens (tertiary/aromatic N) is 2. The summed E-state index contributed by atoms with van der Waals surface area (Å²) in [5.41, 5.74) is 1.66. The van der Waals surface area contributed by atoms with Gasteiger partial charge in [0.15, 0.2) is 5.16 Å². The molecule has 1 saturated heterocycles. The van der Waals surface area contributed by atoms with Crippen LogP contribution in [0.2, 0.25) is 0 Å². The monoisotopic (exact) mass is 365 g/mol. The molecule has 2 aromatic heterocycles. The number of ether oxygens (including phenoxy) is 1. The van der Waals surface area contributed by atoms with Gasteiger partial charge in [-0.2, -0.15) is 0 Å². The standard InChI is InChI=1S/C16H19N3O3S2/c20-12(19-5-7-22-8-6-19)9-23-16-17-13-14(21)10-3-1-2-4-11(10)24-15(13)18-16/h1-9H2,(H,17,18). The lowest BCUT2D eigenvalue weighted by atomic mass is 9.98. The fourth-order valence-electron chi connectivity index (χ4n) is 3.16. The van der Waals surface area contributed by atoms with Gasteiger partial charge >= 0.3 is 0 Å². The van der Waals surface area contributed by atoms with Crippen LogP contribution in [0, 0.1) is 0 Å². The van der Waals surface area contributed by atoms with Crippen LogP contribution in [0.25, 0.3) is 10.3 Å². The molecule has 0 unspecified atom stereocenters. The van der Waals surface area contributed by atoms with E-state index in [9.17, 15) is 9.59 Å². The predicted octanol–water partition coefficient (Wildman–Crippen LogP) is 1.81. The lowest BCUT2D eigenvalue weighted by Crippen LogP contribution is -2.41. The molecule has 24 heavy (non-hydrogen) atoms. The fourth-order valence-corrected chi connectivity index (χ4v) is 5.18. The van der Waals surface area contributed by atoms with Crippen molar-refractivity contribution < 1.29 is 9.53 Å². The van der Waals surface area contributed by atoms with Crippen LogP contribution in [0.4, 0.5) is 0 Å². The lowest BCUT2D eigenvalue weighted by Gasteiger charge is -2.26. The topological polar surface area (TPSA) is 75.3 Å². The molecular formula is C16H19N3O3S2. The molecule has 1 fully saturated rings. The molecule has 2 aliphatic rings. The van der Waals surface area contributed by atoms with E-state index in [-0.39, 0.29) is 11.3 Å². The molecular weight excluding hydrogens is 346 g/mol. The van der Waals surface area contributed by atoms with Crippen LogP contribution in [0.15, 0.2) is 9.95 Å². The van der Waals surface area contributed by atoms with Crippen LogP contribution >= 0.6 is 23.1 Å². The number of carbonyl (C=O) groups excluding carboxylic acids is 1. The Morgan fingerprint density at radius 3 is 2.92 bits per heavy atom. The van der Waals surface area contributed by atoms with E-state index in [1.54, 1.807) is 11.3 Å². The highest BCUT2D eigenvalue weighted by Gasteiger charge is 2.20. The molecule has 3 heterocycles. The number of thioether (sulfide) groups is 1. The maximum absolute atomic E-state index is 12.6. The number of rotatable bonds is 3. The van der Waals surface area contributed by atoms with Crippen molar-refractivity contribution in [2.75, 3.05) is 32.1 Å². The number of morpholine rings is 1. The Morgan fingerprint density at radius 1 is 1.29 bits per heavy atom. The molecule has 6 nitrogen and oxygen atoms in total. The van der Waals surface area contributed by atoms with Gasteiger partial charge in [-0.1, -0.05) is 11.8 Å². The van der Waals surface area contributed by atoms with Crippen molar-refractivity contribution in [1.29, 1.82) is 0 Å². The molecule has 1 N–H and O–H groups in total. The summed E-state index contributed by atoms with van der Waals surface area (Å²) in [5.74, 6) is 0.423. The van der Waals surface area contributed by atoms with Crippen molar-refractivity contribution in [3.63, 3.8) is 0 Å². The zero-order valence-corrected chi connectivity index (χ0v) is 14.9. The zero-order valence-electron chi connectivity index (χ0n) is 13.3.